The molecule has 0 unspecified atom stereocenters. The molecule has 0 amide bonds. The van der Waals surface area contributed by atoms with Gasteiger partial charge in [0.15, 0.2) is 0 Å². The Bertz CT molecular complexity index is 454. The summed E-state index contributed by atoms with van der Waals surface area (Å²) in [5, 5.41) is 0. The Labute approximate surface area is 114 Å². The topological polar surface area (TPSA) is 38.5 Å². The van der Waals surface area contributed by atoms with Crippen molar-refractivity contribution in [2.45, 2.75) is 33.1 Å². The van der Waals surface area contributed by atoms with Gasteiger partial charge in [-0.25, -0.2) is 4.39 Å². The molecular weight excluding hydrogens is 243 g/mol. The summed E-state index contributed by atoms with van der Waals surface area (Å²) in [6.07, 6.45) is 3.36. The van der Waals surface area contributed by atoms with Crippen LogP contribution in [0.4, 0.5) is 15.8 Å². The lowest BCUT2D eigenvalue weighted by Crippen LogP contribution is -2.38. The van der Waals surface area contributed by atoms with Gasteiger partial charge in [0.25, 0.3) is 0 Å². The smallest absolute Gasteiger partial charge is 0.148 e. The number of hydrogen-bond donors (Lipinski definition) is 1. The quantitative estimate of drug-likeness (QED) is 0.852. The highest BCUT2D eigenvalue weighted by Crippen LogP contribution is 2.38. The molecule has 0 saturated carbocycles. The number of piperidine rings is 1. The molecule has 3 nitrogen and oxygen atoms in total. The molecule has 1 aliphatic heterocycles. The van der Waals surface area contributed by atoms with Crippen molar-refractivity contribution in [2.75, 3.05) is 30.8 Å². The van der Waals surface area contributed by atoms with Crippen LogP contribution in [0.5, 0.6) is 5.75 Å². The number of nitrogens with zero attached hydrogens (tertiary/aromatic N) is 1. The minimum Gasteiger partial charge on any atom is -0.495 e. The molecule has 1 fully saturated rings. The third-order valence-corrected chi connectivity index (χ3v) is 4.46. The van der Waals surface area contributed by atoms with Gasteiger partial charge in [0.1, 0.15) is 11.6 Å². The minimum absolute atomic E-state index is 0.265. The average Bonchev–Trinajstić information content (AvgIpc) is 2.40. The van der Waals surface area contributed by atoms with Gasteiger partial charge >= 0.3 is 0 Å². The van der Waals surface area contributed by atoms with Crippen molar-refractivity contribution >= 4 is 11.4 Å². The first-order chi connectivity index (χ1) is 8.99. The van der Waals surface area contributed by atoms with Gasteiger partial charge in [-0.2, -0.15) is 0 Å². The molecule has 1 aromatic carbocycles. The van der Waals surface area contributed by atoms with Crippen LogP contribution in [-0.2, 0) is 0 Å². The molecule has 2 rings (SSSR count). The molecule has 0 radical (unpaired) electrons. The summed E-state index contributed by atoms with van der Waals surface area (Å²) in [7, 11) is 1.55. The Morgan fingerprint density at radius 2 is 2.00 bits per heavy atom. The minimum atomic E-state index is -0.265. The Kier molecular flexibility index (Phi) is 3.88. The fraction of sp³-hybridized carbons (Fsp3) is 0.600. The number of methoxy groups -OCH3 is 1. The summed E-state index contributed by atoms with van der Waals surface area (Å²) in [5.74, 6) is 0.277. The van der Waals surface area contributed by atoms with Gasteiger partial charge in [-0.15, -0.1) is 0 Å². The third-order valence-electron chi connectivity index (χ3n) is 4.46. The predicted octanol–water partition coefficient (Wildman–Crippen LogP) is 3.43. The molecule has 4 heteroatoms. The molecule has 0 atom stereocenters. The van der Waals surface area contributed by atoms with E-state index in [1.54, 1.807) is 13.2 Å². The Balaban J connectivity index is 2.20. The number of benzene rings is 1. The fourth-order valence-corrected chi connectivity index (χ4v) is 2.62. The summed E-state index contributed by atoms with van der Waals surface area (Å²) in [6, 6.07) is 3.06. The van der Waals surface area contributed by atoms with Crippen molar-refractivity contribution < 1.29 is 9.13 Å². The molecular formula is C15H23FN2O. The molecule has 1 heterocycles. The Morgan fingerprint density at radius 3 is 2.53 bits per heavy atom. The van der Waals surface area contributed by atoms with Crippen LogP contribution >= 0.6 is 0 Å². The molecule has 19 heavy (non-hydrogen) atoms. The van der Waals surface area contributed by atoms with E-state index in [0.717, 1.165) is 25.9 Å². The van der Waals surface area contributed by atoms with E-state index in [1.807, 2.05) is 0 Å². The molecule has 0 spiro atoms. The van der Waals surface area contributed by atoms with Gasteiger partial charge in [-0.1, -0.05) is 20.3 Å². The lowest BCUT2D eigenvalue weighted by atomic mass is 9.78. The van der Waals surface area contributed by atoms with Crippen LogP contribution in [0, 0.1) is 11.2 Å². The maximum atomic E-state index is 14.0. The zero-order valence-corrected chi connectivity index (χ0v) is 12.0. The highest BCUT2D eigenvalue weighted by molar-refractivity contribution is 5.63. The highest BCUT2D eigenvalue weighted by Gasteiger charge is 2.29. The zero-order chi connectivity index (χ0) is 14.0. The van der Waals surface area contributed by atoms with Crippen molar-refractivity contribution in [3.8, 4) is 5.75 Å². The molecule has 0 bridgehead atoms. The SMILES string of the molecule is CCC1(C)CCN(c2cc(OC)c(N)cc2F)CC1. The number of nitrogens with two attached hydrogens (primary N) is 1. The second-order valence-electron chi connectivity index (χ2n) is 5.70. The fourth-order valence-electron chi connectivity index (χ4n) is 2.62. The molecule has 1 aliphatic rings. The van der Waals surface area contributed by atoms with E-state index in [-0.39, 0.29) is 5.82 Å². The van der Waals surface area contributed by atoms with Crippen molar-refractivity contribution in [3.05, 3.63) is 17.9 Å². The van der Waals surface area contributed by atoms with Crippen LogP contribution in [0.25, 0.3) is 0 Å². The van der Waals surface area contributed by atoms with E-state index < -0.39 is 0 Å². The van der Waals surface area contributed by atoms with Gasteiger partial charge < -0.3 is 15.4 Å². The Hall–Kier alpha value is -1.45. The second-order valence-corrected chi connectivity index (χ2v) is 5.70. The zero-order valence-electron chi connectivity index (χ0n) is 12.0. The normalized spacial score (nSPS) is 18.4. The van der Waals surface area contributed by atoms with E-state index in [0.29, 0.717) is 22.5 Å². The number of ether oxygens (including phenoxy) is 1. The molecule has 1 saturated heterocycles. The van der Waals surface area contributed by atoms with E-state index in [1.165, 1.54) is 12.5 Å². The van der Waals surface area contributed by atoms with Crippen LogP contribution in [0.3, 0.4) is 0 Å². The monoisotopic (exact) mass is 266 g/mol. The van der Waals surface area contributed by atoms with Gasteiger partial charge in [-0.3, -0.25) is 0 Å². The lowest BCUT2D eigenvalue weighted by Gasteiger charge is -2.40. The maximum Gasteiger partial charge on any atom is 0.148 e. The summed E-state index contributed by atoms with van der Waals surface area (Å²) in [4.78, 5) is 2.09. The molecule has 1 aromatic rings. The van der Waals surface area contributed by atoms with Crippen molar-refractivity contribution in [1.29, 1.82) is 0 Å². The summed E-state index contributed by atoms with van der Waals surface area (Å²) in [6.45, 7) is 6.30. The van der Waals surface area contributed by atoms with Crippen LogP contribution in [0.2, 0.25) is 0 Å². The van der Waals surface area contributed by atoms with Crippen molar-refractivity contribution in [3.63, 3.8) is 0 Å². The molecule has 106 valence electrons. The van der Waals surface area contributed by atoms with E-state index in [2.05, 4.69) is 18.7 Å². The van der Waals surface area contributed by atoms with Crippen molar-refractivity contribution in [1.82, 2.24) is 0 Å². The summed E-state index contributed by atoms with van der Waals surface area (Å²) in [5.41, 5.74) is 7.05. The van der Waals surface area contributed by atoms with E-state index >= 15 is 0 Å². The summed E-state index contributed by atoms with van der Waals surface area (Å²) < 4.78 is 19.2. The van der Waals surface area contributed by atoms with Gasteiger partial charge in [-0.05, 0) is 18.3 Å². The van der Waals surface area contributed by atoms with Crippen LogP contribution < -0.4 is 15.4 Å². The van der Waals surface area contributed by atoms with Gasteiger partial charge in [0.05, 0.1) is 18.5 Å². The number of halogens is 1. The lowest BCUT2D eigenvalue weighted by molar-refractivity contribution is 0.237. The largest absolute Gasteiger partial charge is 0.495 e. The number of hydrogen-bond acceptors (Lipinski definition) is 3. The number of rotatable bonds is 3. The van der Waals surface area contributed by atoms with Gasteiger partial charge in [0.2, 0.25) is 0 Å². The maximum absolute atomic E-state index is 14.0. The van der Waals surface area contributed by atoms with Gasteiger partial charge in [0, 0.05) is 25.2 Å². The standard InChI is InChI=1S/C15H23FN2O/c1-4-15(2)5-7-18(8-6-15)13-10-14(19-3)12(17)9-11(13)16/h9-10H,4-8,17H2,1-3H3. The average molecular weight is 266 g/mol. The molecule has 0 aromatic heterocycles. The first-order valence-corrected chi connectivity index (χ1v) is 6.87. The summed E-state index contributed by atoms with van der Waals surface area (Å²) >= 11 is 0. The second kappa shape index (κ2) is 5.27. The number of anilines is 2. The van der Waals surface area contributed by atoms with Crippen LogP contribution in [0.15, 0.2) is 12.1 Å². The highest BCUT2D eigenvalue weighted by atomic mass is 19.1. The predicted molar refractivity (Wildman–Crippen MR) is 77.2 cm³/mol. The van der Waals surface area contributed by atoms with E-state index in [4.69, 9.17) is 10.5 Å². The Morgan fingerprint density at radius 1 is 1.37 bits per heavy atom. The van der Waals surface area contributed by atoms with E-state index in [9.17, 15) is 4.39 Å². The number of nitrogen functional groups attached to an aromatic ring is 1. The first-order valence-electron chi connectivity index (χ1n) is 6.87. The van der Waals surface area contributed by atoms with Crippen LogP contribution in [0.1, 0.15) is 33.1 Å². The van der Waals surface area contributed by atoms with Crippen molar-refractivity contribution in [2.24, 2.45) is 5.41 Å². The third kappa shape index (κ3) is 2.77. The molecule has 2 N–H and O–H groups in total. The first kappa shape index (κ1) is 14.0. The van der Waals surface area contributed by atoms with Crippen LogP contribution in [-0.4, -0.2) is 20.2 Å². The molecule has 0 aliphatic carbocycles.